The van der Waals surface area contributed by atoms with Crippen molar-refractivity contribution in [2.24, 2.45) is 5.73 Å². The Kier molecular flexibility index (Phi) is 7.12. The second-order valence-electron chi connectivity index (χ2n) is 5.16. The van der Waals surface area contributed by atoms with Gasteiger partial charge in [-0.05, 0) is 25.5 Å². The van der Waals surface area contributed by atoms with Crippen molar-refractivity contribution < 1.29 is 19.1 Å². The van der Waals surface area contributed by atoms with Gasteiger partial charge in [0.05, 0.1) is 25.5 Å². The number of hydrogen-bond donors (Lipinski definition) is 3. The standard InChI is InChI=1S/C15H21N3O4.ClH/c1-21-12-7-10(15(16)20)11(8-13(12)22-2)18-14(19)6-9-4-3-5-17-9;/h7-9,17H,3-6H2,1-2H3,(H2,16,20)(H,18,19);1H. The number of rotatable bonds is 6. The number of benzene rings is 1. The summed E-state index contributed by atoms with van der Waals surface area (Å²) in [5.74, 6) is -0.0158. The Hall–Kier alpha value is -1.99. The van der Waals surface area contributed by atoms with Gasteiger partial charge in [0.2, 0.25) is 5.91 Å². The lowest BCUT2D eigenvalue weighted by atomic mass is 10.1. The number of carbonyl (C=O) groups excluding carboxylic acids is 2. The van der Waals surface area contributed by atoms with Crippen molar-refractivity contribution in [3.8, 4) is 11.5 Å². The van der Waals surface area contributed by atoms with E-state index >= 15 is 0 Å². The molecule has 1 aliphatic rings. The summed E-state index contributed by atoms with van der Waals surface area (Å²) < 4.78 is 10.3. The molecule has 1 saturated heterocycles. The summed E-state index contributed by atoms with van der Waals surface area (Å²) in [5, 5.41) is 5.98. The average molecular weight is 344 g/mol. The number of ether oxygens (including phenoxy) is 2. The van der Waals surface area contributed by atoms with Crippen LogP contribution in [0.2, 0.25) is 0 Å². The summed E-state index contributed by atoms with van der Waals surface area (Å²) in [5.41, 5.74) is 5.88. The molecule has 1 aromatic carbocycles. The first kappa shape index (κ1) is 19.1. The fourth-order valence-corrected chi connectivity index (χ4v) is 2.54. The van der Waals surface area contributed by atoms with Gasteiger partial charge in [0.25, 0.3) is 5.91 Å². The molecular weight excluding hydrogens is 322 g/mol. The number of amides is 2. The van der Waals surface area contributed by atoms with E-state index in [-0.39, 0.29) is 29.9 Å². The Labute approximate surface area is 141 Å². The van der Waals surface area contributed by atoms with Crippen molar-refractivity contribution in [2.45, 2.75) is 25.3 Å². The molecule has 7 nitrogen and oxygen atoms in total. The maximum Gasteiger partial charge on any atom is 0.250 e. The first-order chi connectivity index (χ1) is 10.5. The lowest BCUT2D eigenvalue weighted by Crippen LogP contribution is -2.28. The molecule has 2 rings (SSSR count). The molecule has 1 heterocycles. The Bertz CT molecular complexity index is 574. The molecule has 1 fully saturated rings. The first-order valence-electron chi connectivity index (χ1n) is 7.14. The van der Waals surface area contributed by atoms with Crippen LogP contribution < -0.4 is 25.8 Å². The van der Waals surface area contributed by atoms with Crippen LogP contribution in [0.1, 0.15) is 29.6 Å². The molecular formula is C15H22ClN3O4. The lowest BCUT2D eigenvalue weighted by molar-refractivity contribution is -0.116. The molecule has 1 aliphatic heterocycles. The Morgan fingerprint density at radius 2 is 1.96 bits per heavy atom. The molecule has 23 heavy (non-hydrogen) atoms. The van der Waals surface area contributed by atoms with E-state index in [0.29, 0.717) is 23.6 Å². The van der Waals surface area contributed by atoms with Crippen LogP contribution >= 0.6 is 12.4 Å². The van der Waals surface area contributed by atoms with Crippen LogP contribution in [-0.4, -0.2) is 38.6 Å². The van der Waals surface area contributed by atoms with Gasteiger partial charge >= 0.3 is 0 Å². The summed E-state index contributed by atoms with van der Waals surface area (Å²) >= 11 is 0. The van der Waals surface area contributed by atoms with Gasteiger partial charge in [-0.1, -0.05) is 0 Å². The Balaban J connectivity index is 0.00000264. The summed E-state index contributed by atoms with van der Waals surface area (Å²) in [6, 6.07) is 3.18. The molecule has 0 radical (unpaired) electrons. The van der Waals surface area contributed by atoms with Crippen LogP contribution in [0.4, 0.5) is 5.69 Å². The number of hydrogen-bond acceptors (Lipinski definition) is 5. The molecule has 0 bridgehead atoms. The lowest BCUT2D eigenvalue weighted by Gasteiger charge is -2.15. The predicted octanol–water partition coefficient (Wildman–Crippen LogP) is 1.31. The van der Waals surface area contributed by atoms with Crippen LogP contribution in [0.15, 0.2) is 12.1 Å². The molecule has 4 N–H and O–H groups in total. The molecule has 0 aliphatic carbocycles. The van der Waals surface area contributed by atoms with Gasteiger partial charge in [-0.2, -0.15) is 0 Å². The molecule has 0 spiro atoms. The van der Waals surface area contributed by atoms with E-state index in [0.717, 1.165) is 19.4 Å². The number of carbonyl (C=O) groups is 2. The zero-order valence-corrected chi connectivity index (χ0v) is 14.0. The van der Waals surface area contributed by atoms with Gasteiger partial charge in [0.15, 0.2) is 11.5 Å². The number of nitrogens with one attached hydrogen (secondary N) is 2. The topological polar surface area (TPSA) is 103 Å². The highest BCUT2D eigenvalue weighted by molar-refractivity contribution is 6.04. The molecule has 0 aromatic heterocycles. The fraction of sp³-hybridized carbons (Fsp3) is 0.467. The SMILES string of the molecule is COc1cc(NC(=O)CC2CCCN2)c(C(N)=O)cc1OC.Cl. The van der Waals surface area contributed by atoms with Crippen molar-refractivity contribution >= 4 is 29.9 Å². The summed E-state index contributed by atoms with van der Waals surface area (Å²) in [6.07, 6.45) is 2.40. The Morgan fingerprint density at radius 3 is 2.48 bits per heavy atom. The van der Waals surface area contributed by atoms with E-state index in [2.05, 4.69) is 10.6 Å². The largest absolute Gasteiger partial charge is 0.493 e. The maximum atomic E-state index is 12.1. The van der Waals surface area contributed by atoms with Crippen LogP contribution in [0.25, 0.3) is 0 Å². The average Bonchev–Trinajstić information content (AvgIpc) is 2.99. The minimum atomic E-state index is -0.643. The highest BCUT2D eigenvalue weighted by atomic mass is 35.5. The highest BCUT2D eigenvalue weighted by Gasteiger charge is 2.20. The summed E-state index contributed by atoms with van der Waals surface area (Å²) in [7, 11) is 2.95. The molecule has 2 amide bonds. The molecule has 0 saturated carbocycles. The number of anilines is 1. The Morgan fingerprint density at radius 1 is 1.30 bits per heavy atom. The normalized spacial score (nSPS) is 16.3. The van der Waals surface area contributed by atoms with Crippen LogP contribution in [-0.2, 0) is 4.79 Å². The van der Waals surface area contributed by atoms with E-state index in [1.165, 1.54) is 20.3 Å². The van der Waals surface area contributed by atoms with E-state index in [4.69, 9.17) is 15.2 Å². The van der Waals surface area contributed by atoms with Crippen molar-refractivity contribution in [3.63, 3.8) is 0 Å². The minimum absolute atomic E-state index is 0. The van der Waals surface area contributed by atoms with Crippen LogP contribution in [0.5, 0.6) is 11.5 Å². The van der Waals surface area contributed by atoms with Crippen LogP contribution in [0, 0.1) is 0 Å². The quantitative estimate of drug-likeness (QED) is 0.722. The number of methoxy groups -OCH3 is 2. The highest BCUT2D eigenvalue weighted by Crippen LogP contribution is 2.33. The second-order valence-corrected chi connectivity index (χ2v) is 5.16. The third-order valence-corrected chi connectivity index (χ3v) is 3.66. The summed E-state index contributed by atoms with van der Waals surface area (Å²) in [6.45, 7) is 0.931. The monoisotopic (exact) mass is 343 g/mol. The van der Waals surface area contributed by atoms with Gasteiger partial charge in [0.1, 0.15) is 0 Å². The van der Waals surface area contributed by atoms with Gasteiger partial charge in [0, 0.05) is 18.5 Å². The smallest absolute Gasteiger partial charge is 0.250 e. The van der Waals surface area contributed by atoms with Gasteiger partial charge < -0.3 is 25.8 Å². The third-order valence-electron chi connectivity index (χ3n) is 3.66. The third kappa shape index (κ3) is 4.74. The second kappa shape index (κ2) is 8.59. The number of halogens is 1. The van der Waals surface area contributed by atoms with Crippen molar-refractivity contribution in [1.29, 1.82) is 0 Å². The summed E-state index contributed by atoms with van der Waals surface area (Å²) in [4.78, 5) is 23.7. The van der Waals surface area contributed by atoms with Gasteiger partial charge in [-0.15, -0.1) is 12.4 Å². The number of nitrogens with two attached hydrogens (primary N) is 1. The van der Waals surface area contributed by atoms with Gasteiger partial charge in [-0.3, -0.25) is 9.59 Å². The van der Waals surface area contributed by atoms with E-state index in [1.54, 1.807) is 6.07 Å². The zero-order valence-electron chi connectivity index (χ0n) is 13.2. The van der Waals surface area contributed by atoms with E-state index < -0.39 is 5.91 Å². The molecule has 1 atom stereocenters. The van der Waals surface area contributed by atoms with E-state index in [1.807, 2.05) is 0 Å². The zero-order chi connectivity index (χ0) is 16.1. The molecule has 8 heteroatoms. The van der Waals surface area contributed by atoms with Crippen molar-refractivity contribution in [3.05, 3.63) is 17.7 Å². The van der Waals surface area contributed by atoms with Crippen LogP contribution in [0.3, 0.4) is 0 Å². The van der Waals surface area contributed by atoms with E-state index in [9.17, 15) is 9.59 Å². The fourth-order valence-electron chi connectivity index (χ4n) is 2.54. The minimum Gasteiger partial charge on any atom is -0.493 e. The van der Waals surface area contributed by atoms with Crippen molar-refractivity contribution in [1.82, 2.24) is 5.32 Å². The first-order valence-corrected chi connectivity index (χ1v) is 7.14. The predicted molar refractivity (Wildman–Crippen MR) is 89.6 cm³/mol. The number of primary amides is 1. The van der Waals surface area contributed by atoms with Crippen molar-refractivity contribution in [2.75, 3.05) is 26.1 Å². The van der Waals surface area contributed by atoms with Gasteiger partial charge in [-0.25, -0.2) is 0 Å². The molecule has 1 aromatic rings. The molecule has 1 unspecified atom stereocenters. The maximum absolute atomic E-state index is 12.1. The molecule has 128 valence electrons.